The Hall–Kier alpha value is -1.49. The second kappa shape index (κ2) is 7.98. The highest BCUT2D eigenvalue weighted by Crippen LogP contribution is 2.39. The molecule has 2 aliphatic heterocycles. The molecule has 2 fully saturated rings. The third-order valence-electron chi connectivity index (χ3n) is 6.41. The SMILES string of the molecule is C[C@@H](C(=O)Nc1sc2c(c1C(N)=O)CCC2)N1CCN([C@H]2CCS(=O)(=O)C2)CC1. The topological polar surface area (TPSA) is 113 Å². The molecule has 2 saturated heterocycles. The number of sulfone groups is 1. The first-order valence-corrected chi connectivity index (χ1v) is 12.8. The number of piperazine rings is 1. The van der Waals surface area contributed by atoms with Gasteiger partial charge in [-0.25, -0.2) is 8.42 Å². The Bertz CT molecular complexity index is 919. The van der Waals surface area contributed by atoms with Crippen molar-refractivity contribution in [1.29, 1.82) is 0 Å². The molecule has 1 aromatic rings. The Morgan fingerprint density at radius 3 is 2.55 bits per heavy atom. The number of fused-ring (bicyclic) bond motifs is 1. The normalized spacial score (nSPS) is 25.6. The molecule has 29 heavy (non-hydrogen) atoms. The molecule has 0 spiro atoms. The highest BCUT2D eigenvalue weighted by Gasteiger charge is 2.35. The third-order valence-corrected chi connectivity index (χ3v) is 9.36. The Morgan fingerprint density at radius 2 is 1.93 bits per heavy atom. The standard InChI is InChI=1S/C19H28N4O4S2/c1-12(22-6-8-23(9-7-22)13-5-10-29(26,27)11-13)18(25)21-19-16(17(20)24)14-3-2-4-15(14)28-19/h12-13H,2-11H2,1H3,(H2,20,24)(H,21,25)/t12-,13-/m0/s1. The second-order valence-corrected chi connectivity index (χ2v) is 11.6. The minimum absolute atomic E-state index is 0.109. The molecule has 2 atom stereocenters. The van der Waals surface area contributed by atoms with E-state index in [1.165, 1.54) is 11.3 Å². The minimum Gasteiger partial charge on any atom is -0.365 e. The van der Waals surface area contributed by atoms with Gasteiger partial charge in [-0.15, -0.1) is 11.3 Å². The molecule has 10 heteroatoms. The maximum Gasteiger partial charge on any atom is 0.251 e. The molecular formula is C19H28N4O4S2. The number of hydrogen-bond acceptors (Lipinski definition) is 7. The number of rotatable bonds is 5. The van der Waals surface area contributed by atoms with E-state index in [9.17, 15) is 18.0 Å². The number of carbonyl (C=O) groups excluding carboxylic acids is 2. The van der Waals surface area contributed by atoms with Gasteiger partial charge in [-0.1, -0.05) is 0 Å². The fourth-order valence-corrected chi connectivity index (χ4v) is 7.75. The van der Waals surface area contributed by atoms with Crippen molar-refractivity contribution in [3.05, 3.63) is 16.0 Å². The van der Waals surface area contributed by atoms with E-state index in [4.69, 9.17) is 5.73 Å². The van der Waals surface area contributed by atoms with Crippen LogP contribution in [0.15, 0.2) is 0 Å². The summed E-state index contributed by atoms with van der Waals surface area (Å²) in [6, 6.07) is -0.222. The van der Waals surface area contributed by atoms with Gasteiger partial charge in [0.1, 0.15) is 5.00 Å². The van der Waals surface area contributed by atoms with E-state index in [0.717, 1.165) is 55.9 Å². The average molecular weight is 441 g/mol. The maximum absolute atomic E-state index is 12.8. The van der Waals surface area contributed by atoms with Crippen molar-refractivity contribution in [3.8, 4) is 0 Å². The Kier molecular flexibility index (Phi) is 5.71. The summed E-state index contributed by atoms with van der Waals surface area (Å²) in [6.45, 7) is 4.83. The summed E-state index contributed by atoms with van der Waals surface area (Å²) in [7, 11) is -2.89. The number of thiophene rings is 1. The molecule has 3 N–H and O–H groups in total. The second-order valence-electron chi connectivity index (χ2n) is 8.22. The molecule has 3 heterocycles. The lowest BCUT2D eigenvalue weighted by molar-refractivity contribution is -0.121. The van der Waals surface area contributed by atoms with E-state index >= 15 is 0 Å². The van der Waals surface area contributed by atoms with E-state index in [0.29, 0.717) is 17.0 Å². The van der Waals surface area contributed by atoms with Crippen molar-refractivity contribution >= 4 is 38.0 Å². The largest absolute Gasteiger partial charge is 0.365 e. The molecule has 0 unspecified atom stereocenters. The molecule has 0 aromatic carbocycles. The van der Waals surface area contributed by atoms with Gasteiger partial charge >= 0.3 is 0 Å². The van der Waals surface area contributed by atoms with Crippen molar-refractivity contribution in [2.45, 2.75) is 44.7 Å². The molecule has 4 rings (SSSR count). The van der Waals surface area contributed by atoms with Crippen molar-refractivity contribution < 1.29 is 18.0 Å². The predicted molar refractivity (Wildman–Crippen MR) is 113 cm³/mol. The van der Waals surface area contributed by atoms with Crippen LogP contribution in [0.25, 0.3) is 0 Å². The van der Waals surface area contributed by atoms with Crippen molar-refractivity contribution in [2.75, 3.05) is 43.0 Å². The summed E-state index contributed by atoms with van der Waals surface area (Å²) in [4.78, 5) is 30.3. The van der Waals surface area contributed by atoms with Crippen LogP contribution in [-0.2, 0) is 27.5 Å². The number of carbonyl (C=O) groups is 2. The van der Waals surface area contributed by atoms with Gasteiger partial charge in [-0.3, -0.25) is 19.4 Å². The number of nitrogens with zero attached hydrogens (tertiary/aromatic N) is 2. The average Bonchev–Trinajstić information content (AvgIpc) is 3.34. The smallest absolute Gasteiger partial charge is 0.251 e. The van der Waals surface area contributed by atoms with Crippen LogP contribution in [0.5, 0.6) is 0 Å². The van der Waals surface area contributed by atoms with Gasteiger partial charge in [-0.2, -0.15) is 0 Å². The molecule has 0 bridgehead atoms. The molecular weight excluding hydrogens is 412 g/mol. The van der Waals surface area contributed by atoms with Gasteiger partial charge in [0.05, 0.1) is 23.1 Å². The summed E-state index contributed by atoms with van der Waals surface area (Å²) >= 11 is 1.47. The van der Waals surface area contributed by atoms with Crippen LogP contribution >= 0.6 is 11.3 Å². The first kappa shape index (κ1) is 20.8. The van der Waals surface area contributed by atoms with Crippen molar-refractivity contribution in [2.24, 2.45) is 5.73 Å². The van der Waals surface area contributed by atoms with Gasteiger partial charge in [0.15, 0.2) is 9.84 Å². The number of primary amides is 1. The monoisotopic (exact) mass is 440 g/mol. The van der Waals surface area contributed by atoms with Crippen LogP contribution in [-0.4, -0.2) is 79.8 Å². The highest BCUT2D eigenvalue weighted by atomic mass is 32.2. The van der Waals surface area contributed by atoms with Gasteiger partial charge in [-0.05, 0) is 38.2 Å². The number of hydrogen-bond donors (Lipinski definition) is 2. The maximum atomic E-state index is 12.8. The molecule has 1 aliphatic carbocycles. The van der Waals surface area contributed by atoms with Crippen LogP contribution in [0.1, 0.15) is 40.6 Å². The Morgan fingerprint density at radius 1 is 1.21 bits per heavy atom. The first-order chi connectivity index (χ1) is 13.7. The van der Waals surface area contributed by atoms with E-state index < -0.39 is 15.7 Å². The summed E-state index contributed by atoms with van der Waals surface area (Å²) in [5.41, 5.74) is 7.07. The Balaban J connectivity index is 1.36. The zero-order valence-corrected chi connectivity index (χ0v) is 18.3. The zero-order chi connectivity index (χ0) is 20.8. The van der Waals surface area contributed by atoms with Gasteiger partial charge < -0.3 is 11.1 Å². The quantitative estimate of drug-likeness (QED) is 0.688. The summed E-state index contributed by atoms with van der Waals surface area (Å²) in [5, 5.41) is 3.52. The molecule has 0 saturated carbocycles. The molecule has 0 radical (unpaired) electrons. The number of aryl methyl sites for hydroxylation is 1. The van der Waals surface area contributed by atoms with E-state index in [2.05, 4.69) is 15.1 Å². The minimum atomic E-state index is -2.89. The van der Waals surface area contributed by atoms with Crippen molar-refractivity contribution in [1.82, 2.24) is 9.80 Å². The molecule has 1 aromatic heterocycles. The lowest BCUT2D eigenvalue weighted by Crippen LogP contribution is -2.55. The summed E-state index contributed by atoms with van der Waals surface area (Å²) in [6.07, 6.45) is 3.51. The molecule has 160 valence electrons. The molecule has 3 aliphatic rings. The molecule has 2 amide bonds. The van der Waals surface area contributed by atoms with Crippen LogP contribution in [0.3, 0.4) is 0 Å². The number of nitrogens with one attached hydrogen (secondary N) is 1. The van der Waals surface area contributed by atoms with Crippen LogP contribution in [0.2, 0.25) is 0 Å². The number of anilines is 1. The number of nitrogens with two attached hydrogens (primary N) is 1. The Labute approximate surface area is 175 Å². The van der Waals surface area contributed by atoms with Crippen LogP contribution in [0, 0.1) is 0 Å². The van der Waals surface area contributed by atoms with Crippen molar-refractivity contribution in [3.63, 3.8) is 0 Å². The fourth-order valence-electron chi connectivity index (χ4n) is 4.69. The lowest BCUT2D eigenvalue weighted by Gasteiger charge is -2.39. The molecule has 8 nitrogen and oxygen atoms in total. The fraction of sp³-hybridized carbons (Fsp3) is 0.684. The highest BCUT2D eigenvalue weighted by molar-refractivity contribution is 7.91. The third kappa shape index (κ3) is 4.21. The van der Waals surface area contributed by atoms with Gasteiger partial charge in [0.25, 0.3) is 5.91 Å². The van der Waals surface area contributed by atoms with E-state index in [1.54, 1.807) is 0 Å². The summed E-state index contributed by atoms with van der Waals surface area (Å²) in [5.74, 6) is -0.0807. The van der Waals surface area contributed by atoms with Crippen LogP contribution < -0.4 is 11.1 Å². The summed E-state index contributed by atoms with van der Waals surface area (Å²) < 4.78 is 23.4. The lowest BCUT2D eigenvalue weighted by atomic mass is 10.1. The van der Waals surface area contributed by atoms with Gasteiger partial charge in [0.2, 0.25) is 5.91 Å². The van der Waals surface area contributed by atoms with E-state index in [-0.39, 0.29) is 29.5 Å². The number of amides is 2. The predicted octanol–water partition coefficient (Wildman–Crippen LogP) is 0.467. The van der Waals surface area contributed by atoms with Gasteiger partial charge in [0, 0.05) is 37.1 Å². The first-order valence-electron chi connectivity index (χ1n) is 10.2. The van der Waals surface area contributed by atoms with Crippen LogP contribution in [0.4, 0.5) is 5.00 Å². The zero-order valence-electron chi connectivity index (χ0n) is 16.6. The van der Waals surface area contributed by atoms with E-state index in [1.807, 2.05) is 6.92 Å².